The maximum atomic E-state index is 6.03. The topological polar surface area (TPSA) is 30.9 Å². The van der Waals surface area contributed by atoms with Crippen molar-refractivity contribution in [2.75, 3.05) is 0 Å². The van der Waals surface area contributed by atoms with Crippen LogP contribution in [0.4, 0.5) is 0 Å². The Morgan fingerprint density at radius 2 is 2.06 bits per heavy atom. The Bertz CT molecular complexity index is 526. The molecule has 1 aromatic carbocycles. The van der Waals surface area contributed by atoms with E-state index < -0.39 is 0 Å². The van der Waals surface area contributed by atoms with Crippen LogP contribution in [-0.4, -0.2) is 4.57 Å². The lowest BCUT2D eigenvalue weighted by atomic mass is 10.1. The van der Waals surface area contributed by atoms with E-state index in [1.165, 1.54) is 22.2 Å². The number of nitrogens with two attached hydrogens (primary N) is 1. The molecule has 3 heteroatoms. The SMILES string of the molecule is Cc1c(CN)n(C(C)C)c2ccc(Cl)cc12. The van der Waals surface area contributed by atoms with Gasteiger partial charge in [0.05, 0.1) is 0 Å². The molecule has 0 atom stereocenters. The third-order valence-electron chi connectivity index (χ3n) is 3.06. The molecule has 0 radical (unpaired) electrons. The molecule has 2 nitrogen and oxygen atoms in total. The Kier molecular flexibility index (Phi) is 2.96. The average Bonchev–Trinajstić information content (AvgIpc) is 2.51. The molecule has 0 spiro atoms. The van der Waals surface area contributed by atoms with Gasteiger partial charge in [0.25, 0.3) is 0 Å². The lowest BCUT2D eigenvalue weighted by Crippen LogP contribution is -2.10. The van der Waals surface area contributed by atoms with Gasteiger partial charge >= 0.3 is 0 Å². The third-order valence-corrected chi connectivity index (χ3v) is 3.29. The van der Waals surface area contributed by atoms with Crippen molar-refractivity contribution in [3.05, 3.63) is 34.5 Å². The van der Waals surface area contributed by atoms with Crippen LogP contribution in [0.3, 0.4) is 0 Å². The predicted octanol–water partition coefficient (Wildman–Crippen LogP) is 3.64. The van der Waals surface area contributed by atoms with Crippen LogP contribution in [0.2, 0.25) is 5.02 Å². The van der Waals surface area contributed by atoms with Crippen LogP contribution >= 0.6 is 11.6 Å². The zero-order chi connectivity index (χ0) is 11.9. The molecule has 0 fully saturated rings. The lowest BCUT2D eigenvalue weighted by Gasteiger charge is -2.13. The monoisotopic (exact) mass is 236 g/mol. The highest BCUT2D eigenvalue weighted by molar-refractivity contribution is 6.31. The van der Waals surface area contributed by atoms with Gasteiger partial charge in [0, 0.05) is 34.2 Å². The minimum atomic E-state index is 0.413. The van der Waals surface area contributed by atoms with Crippen molar-refractivity contribution in [2.45, 2.75) is 33.4 Å². The van der Waals surface area contributed by atoms with Crippen molar-refractivity contribution < 1.29 is 0 Å². The molecule has 0 aliphatic carbocycles. The first-order valence-electron chi connectivity index (χ1n) is 5.55. The number of aryl methyl sites for hydroxylation is 1. The summed E-state index contributed by atoms with van der Waals surface area (Å²) in [5.41, 5.74) is 9.50. The molecule has 0 aliphatic rings. The Hall–Kier alpha value is -0.990. The summed E-state index contributed by atoms with van der Waals surface area (Å²) >= 11 is 6.03. The molecule has 2 rings (SSSR count). The van der Waals surface area contributed by atoms with Gasteiger partial charge in [0.2, 0.25) is 0 Å². The lowest BCUT2D eigenvalue weighted by molar-refractivity contribution is 0.593. The fourth-order valence-electron chi connectivity index (χ4n) is 2.34. The highest BCUT2D eigenvalue weighted by atomic mass is 35.5. The van der Waals surface area contributed by atoms with E-state index in [4.69, 9.17) is 17.3 Å². The van der Waals surface area contributed by atoms with E-state index in [0.717, 1.165) is 5.02 Å². The maximum absolute atomic E-state index is 6.03. The fourth-order valence-corrected chi connectivity index (χ4v) is 2.51. The summed E-state index contributed by atoms with van der Waals surface area (Å²) < 4.78 is 2.29. The van der Waals surface area contributed by atoms with E-state index in [2.05, 4.69) is 31.4 Å². The van der Waals surface area contributed by atoms with Crippen molar-refractivity contribution in [1.82, 2.24) is 4.57 Å². The molecule has 2 aromatic rings. The van der Waals surface area contributed by atoms with Gasteiger partial charge in [0.1, 0.15) is 0 Å². The van der Waals surface area contributed by atoms with Crippen molar-refractivity contribution >= 4 is 22.5 Å². The molecular weight excluding hydrogens is 220 g/mol. The molecule has 1 heterocycles. The number of fused-ring (bicyclic) bond motifs is 1. The van der Waals surface area contributed by atoms with E-state index >= 15 is 0 Å². The van der Waals surface area contributed by atoms with Crippen LogP contribution in [0.25, 0.3) is 10.9 Å². The number of rotatable bonds is 2. The van der Waals surface area contributed by atoms with Gasteiger partial charge in [-0.05, 0) is 44.5 Å². The number of hydrogen-bond donors (Lipinski definition) is 1. The fraction of sp³-hybridized carbons (Fsp3) is 0.385. The first kappa shape index (κ1) is 11.5. The molecule has 0 saturated carbocycles. The molecule has 0 amide bonds. The summed E-state index contributed by atoms with van der Waals surface area (Å²) in [5, 5.41) is 1.99. The standard InChI is InChI=1S/C13H17ClN2/c1-8(2)16-12-5-4-10(14)6-11(12)9(3)13(16)7-15/h4-6,8H,7,15H2,1-3H3. The highest BCUT2D eigenvalue weighted by Gasteiger charge is 2.14. The minimum Gasteiger partial charge on any atom is -0.341 e. The molecule has 0 aliphatic heterocycles. The Morgan fingerprint density at radius 1 is 1.38 bits per heavy atom. The molecule has 1 aromatic heterocycles. The summed E-state index contributed by atoms with van der Waals surface area (Å²) in [6, 6.07) is 6.44. The zero-order valence-corrected chi connectivity index (χ0v) is 10.7. The maximum Gasteiger partial charge on any atom is 0.0489 e. The second-order valence-electron chi connectivity index (χ2n) is 4.40. The van der Waals surface area contributed by atoms with E-state index in [-0.39, 0.29) is 0 Å². The second kappa shape index (κ2) is 4.11. The van der Waals surface area contributed by atoms with Crippen molar-refractivity contribution in [3.63, 3.8) is 0 Å². The van der Waals surface area contributed by atoms with Crippen LogP contribution in [0, 0.1) is 6.92 Å². The number of nitrogens with zero attached hydrogens (tertiary/aromatic N) is 1. The van der Waals surface area contributed by atoms with Crippen LogP contribution in [-0.2, 0) is 6.54 Å². The normalized spacial score (nSPS) is 11.6. The number of benzene rings is 1. The van der Waals surface area contributed by atoms with E-state index in [9.17, 15) is 0 Å². The number of halogens is 1. The van der Waals surface area contributed by atoms with Crippen LogP contribution in [0.5, 0.6) is 0 Å². The third kappa shape index (κ3) is 1.62. The van der Waals surface area contributed by atoms with Crippen molar-refractivity contribution in [2.24, 2.45) is 5.73 Å². The Balaban J connectivity index is 2.86. The Morgan fingerprint density at radius 3 is 2.62 bits per heavy atom. The minimum absolute atomic E-state index is 0.413. The van der Waals surface area contributed by atoms with Gasteiger partial charge in [-0.2, -0.15) is 0 Å². The molecule has 2 N–H and O–H groups in total. The summed E-state index contributed by atoms with van der Waals surface area (Å²) in [6.45, 7) is 7.02. The molecule has 0 saturated heterocycles. The average molecular weight is 237 g/mol. The summed E-state index contributed by atoms with van der Waals surface area (Å²) in [4.78, 5) is 0. The van der Waals surface area contributed by atoms with E-state index in [1.54, 1.807) is 0 Å². The summed E-state index contributed by atoms with van der Waals surface area (Å²) in [6.07, 6.45) is 0. The Labute approximate surface area is 101 Å². The molecule has 0 bridgehead atoms. The smallest absolute Gasteiger partial charge is 0.0489 e. The first-order valence-corrected chi connectivity index (χ1v) is 5.93. The largest absolute Gasteiger partial charge is 0.341 e. The molecule has 0 unspecified atom stereocenters. The van der Waals surface area contributed by atoms with Crippen LogP contribution < -0.4 is 5.73 Å². The van der Waals surface area contributed by atoms with Crippen molar-refractivity contribution in [3.8, 4) is 0 Å². The molecule has 16 heavy (non-hydrogen) atoms. The van der Waals surface area contributed by atoms with Crippen LogP contribution in [0.1, 0.15) is 31.1 Å². The van der Waals surface area contributed by atoms with Gasteiger partial charge in [-0.1, -0.05) is 11.6 Å². The summed E-state index contributed by atoms with van der Waals surface area (Å²) in [5.74, 6) is 0. The number of aromatic nitrogens is 1. The zero-order valence-electron chi connectivity index (χ0n) is 9.92. The highest BCUT2D eigenvalue weighted by Crippen LogP contribution is 2.30. The van der Waals surface area contributed by atoms with Gasteiger partial charge in [-0.3, -0.25) is 0 Å². The van der Waals surface area contributed by atoms with Crippen LogP contribution in [0.15, 0.2) is 18.2 Å². The van der Waals surface area contributed by atoms with Gasteiger partial charge in [-0.15, -0.1) is 0 Å². The molecule has 86 valence electrons. The number of hydrogen-bond acceptors (Lipinski definition) is 1. The summed E-state index contributed by atoms with van der Waals surface area (Å²) in [7, 11) is 0. The predicted molar refractivity (Wildman–Crippen MR) is 70.0 cm³/mol. The van der Waals surface area contributed by atoms with E-state index in [0.29, 0.717) is 12.6 Å². The van der Waals surface area contributed by atoms with Gasteiger partial charge < -0.3 is 10.3 Å². The van der Waals surface area contributed by atoms with E-state index in [1.807, 2.05) is 12.1 Å². The molecular formula is C13H17ClN2. The van der Waals surface area contributed by atoms with Crippen molar-refractivity contribution in [1.29, 1.82) is 0 Å². The second-order valence-corrected chi connectivity index (χ2v) is 4.84. The van der Waals surface area contributed by atoms with Gasteiger partial charge in [0.15, 0.2) is 0 Å². The van der Waals surface area contributed by atoms with Gasteiger partial charge in [-0.25, -0.2) is 0 Å². The first-order chi connectivity index (χ1) is 7.56. The quantitative estimate of drug-likeness (QED) is 0.848.